The molecule has 0 fully saturated rings. The van der Waals surface area contributed by atoms with Gasteiger partial charge in [-0.25, -0.2) is 0 Å². The minimum atomic E-state index is -0.811. The number of carbonyl (C=O) groups is 3. The van der Waals surface area contributed by atoms with Gasteiger partial charge in [-0.2, -0.15) is 0 Å². The van der Waals surface area contributed by atoms with Crippen molar-refractivity contribution in [2.24, 2.45) is 0 Å². The molecule has 0 aromatic carbocycles. The third-order valence-electron chi connectivity index (χ3n) is 13.7. The Kier molecular flexibility index (Phi) is 58.7. The fraction of sp³-hybridized carbons (Fsp3) is 0.776. The average molecular weight is 1020 g/mol. The van der Waals surface area contributed by atoms with Crippen LogP contribution in [0.15, 0.2) is 72.9 Å². The molecule has 0 saturated carbocycles. The molecule has 0 aromatic rings. The summed E-state index contributed by atoms with van der Waals surface area (Å²) in [5.74, 6) is -0.988. The van der Waals surface area contributed by atoms with Gasteiger partial charge in [-0.3, -0.25) is 14.4 Å². The summed E-state index contributed by atoms with van der Waals surface area (Å²) >= 11 is 0. The Morgan fingerprint density at radius 1 is 0.288 bits per heavy atom. The quantitative estimate of drug-likeness (QED) is 0.0261. The highest BCUT2D eigenvalue weighted by atomic mass is 16.6. The number of hydrogen-bond donors (Lipinski definition) is 0. The number of ether oxygens (including phenoxy) is 3. The van der Waals surface area contributed by atoms with E-state index in [-0.39, 0.29) is 37.5 Å². The van der Waals surface area contributed by atoms with Gasteiger partial charge in [0.1, 0.15) is 13.2 Å². The van der Waals surface area contributed by atoms with Crippen molar-refractivity contribution in [1.29, 1.82) is 0 Å². The summed E-state index contributed by atoms with van der Waals surface area (Å²) in [6, 6.07) is 0. The molecule has 0 aliphatic heterocycles. The molecule has 0 N–H and O–H groups in total. The van der Waals surface area contributed by atoms with Crippen LogP contribution in [0.1, 0.15) is 316 Å². The van der Waals surface area contributed by atoms with Crippen LogP contribution in [0.5, 0.6) is 0 Å². The Morgan fingerprint density at radius 2 is 0.562 bits per heavy atom. The molecule has 0 amide bonds. The summed E-state index contributed by atoms with van der Waals surface area (Å²) < 4.78 is 16.8. The van der Waals surface area contributed by atoms with E-state index in [9.17, 15) is 14.4 Å². The normalized spacial score (nSPS) is 12.5. The van der Waals surface area contributed by atoms with Gasteiger partial charge < -0.3 is 14.2 Å². The molecule has 0 bridgehead atoms. The highest BCUT2D eigenvalue weighted by Gasteiger charge is 2.19. The summed E-state index contributed by atoms with van der Waals surface area (Å²) in [6.07, 6.45) is 79.4. The molecule has 422 valence electrons. The van der Waals surface area contributed by atoms with Gasteiger partial charge in [-0.15, -0.1) is 0 Å². The zero-order valence-electron chi connectivity index (χ0n) is 48.4. The van der Waals surface area contributed by atoms with Gasteiger partial charge in [0.25, 0.3) is 0 Å². The fourth-order valence-electron chi connectivity index (χ4n) is 9.02. The van der Waals surface area contributed by atoms with Crippen molar-refractivity contribution in [2.45, 2.75) is 322 Å². The first-order valence-corrected chi connectivity index (χ1v) is 31.4. The van der Waals surface area contributed by atoms with E-state index in [0.29, 0.717) is 19.3 Å². The molecule has 0 aliphatic rings. The molecule has 1 atom stereocenters. The van der Waals surface area contributed by atoms with Gasteiger partial charge in [-0.1, -0.05) is 293 Å². The predicted octanol–water partition coefficient (Wildman–Crippen LogP) is 21.3. The molecule has 0 spiro atoms. The summed E-state index contributed by atoms with van der Waals surface area (Å²) in [6.45, 7) is 6.46. The van der Waals surface area contributed by atoms with Crippen LogP contribution in [0.4, 0.5) is 0 Å². The molecular formula is C67H118O6. The van der Waals surface area contributed by atoms with Crippen LogP contribution in [0.25, 0.3) is 0 Å². The Morgan fingerprint density at radius 3 is 0.945 bits per heavy atom. The molecule has 0 saturated heterocycles. The summed E-state index contributed by atoms with van der Waals surface area (Å²) in [5.41, 5.74) is 0. The van der Waals surface area contributed by atoms with Crippen LogP contribution < -0.4 is 0 Å². The minimum absolute atomic E-state index is 0.101. The van der Waals surface area contributed by atoms with Gasteiger partial charge in [0.2, 0.25) is 0 Å². The van der Waals surface area contributed by atoms with Crippen LogP contribution in [0.2, 0.25) is 0 Å². The molecule has 0 rings (SSSR count). The van der Waals surface area contributed by atoms with E-state index in [1.165, 1.54) is 180 Å². The van der Waals surface area contributed by atoms with Gasteiger partial charge in [0.05, 0.1) is 0 Å². The maximum atomic E-state index is 12.8. The molecule has 0 heterocycles. The van der Waals surface area contributed by atoms with E-state index in [2.05, 4.69) is 87.6 Å². The molecule has 1 unspecified atom stereocenters. The Bertz CT molecular complexity index is 1360. The third-order valence-corrected chi connectivity index (χ3v) is 13.7. The molecule has 0 aliphatic carbocycles. The van der Waals surface area contributed by atoms with E-state index in [1.54, 1.807) is 0 Å². The summed E-state index contributed by atoms with van der Waals surface area (Å²) in [4.78, 5) is 38.1. The van der Waals surface area contributed by atoms with Crippen molar-refractivity contribution in [3.63, 3.8) is 0 Å². The van der Waals surface area contributed by atoms with E-state index in [0.717, 1.165) is 89.9 Å². The van der Waals surface area contributed by atoms with Crippen molar-refractivity contribution in [1.82, 2.24) is 0 Å². The topological polar surface area (TPSA) is 78.9 Å². The lowest BCUT2D eigenvalue weighted by atomic mass is 10.0. The Balaban J connectivity index is 4.25. The van der Waals surface area contributed by atoms with E-state index in [1.807, 2.05) is 6.08 Å². The monoisotopic (exact) mass is 1020 g/mol. The van der Waals surface area contributed by atoms with Gasteiger partial charge >= 0.3 is 17.9 Å². The van der Waals surface area contributed by atoms with Gasteiger partial charge in [0.15, 0.2) is 6.10 Å². The smallest absolute Gasteiger partial charge is 0.306 e. The van der Waals surface area contributed by atoms with Crippen LogP contribution in [0, 0.1) is 0 Å². The second-order valence-corrected chi connectivity index (χ2v) is 20.9. The summed E-state index contributed by atoms with van der Waals surface area (Å²) in [5, 5.41) is 0. The molecule has 6 nitrogen and oxygen atoms in total. The Hall–Kier alpha value is -3.15. The Labute approximate surface area is 453 Å². The van der Waals surface area contributed by atoms with E-state index < -0.39 is 6.10 Å². The maximum absolute atomic E-state index is 12.8. The molecular weight excluding hydrogens is 901 g/mol. The minimum Gasteiger partial charge on any atom is -0.462 e. The zero-order valence-corrected chi connectivity index (χ0v) is 48.4. The molecule has 6 heteroatoms. The van der Waals surface area contributed by atoms with Gasteiger partial charge in [-0.05, 0) is 77.0 Å². The fourth-order valence-corrected chi connectivity index (χ4v) is 9.02. The summed E-state index contributed by atoms with van der Waals surface area (Å²) in [7, 11) is 0. The van der Waals surface area contributed by atoms with Crippen molar-refractivity contribution >= 4 is 17.9 Å². The number of unbranched alkanes of at least 4 members (excludes halogenated alkanes) is 34. The van der Waals surface area contributed by atoms with Crippen LogP contribution >= 0.6 is 0 Å². The predicted molar refractivity (Wildman–Crippen MR) is 316 cm³/mol. The highest BCUT2D eigenvalue weighted by molar-refractivity contribution is 5.71. The first kappa shape index (κ1) is 69.8. The number of esters is 3. The number of rotatable bonds is 57. The van der Waals surface area contributed by atoms with E-state index >= 15 is 0 Å². The first-order valence-electron chi connectivity index (χ1n) is 31.4. The number of hydrogen-bond acceptors (Lipinski definition) is 6. The lowest BCUT2D eigenvalue weighted by Gasteiger charge is -2.18. The first-order chi connectivity index (χ1) is 36.0. The number of carbonyl (C=O) groups excluding carboxylic acids is 3. The largest absolute Gasteiger partial charge is 0.462 e. The third kappa shape index (κ3) is 59.6. The second-order valence-electron chi connectivity index (χ2n) is 20.9. The SMILES string of the molecule is CC/C=C\C/C=C\C/C=C\C/C=C\CCC(=O)OCC(COC(=O)CCCCCCCCCCCCCCCCCCCCCCCCCCCCC)OC(=O)CCCCCCC/C=C\C/C=C\CCCCC. The van der Waals surface area contributed by atoms with Crippen molar-refractivity contribution in [2.75, 3.05) is 13.2 Å². The standard InChI is InChI=1S/C67H118O6/c1-4-7-10-13-16-19-22-25-27-28-29-30-31-32-33-34-35-36-37-38-40-42-45-48-51-54-57-60-66(69)72-63-64(62-71-65(68)59-56-53-50-47-44-41-24-21-18-15-12-9-6-3)73-67(70)61-58-55-52-49-46-43-39-26-23-20-17-14-11-8-5-2/h9,12,17-18,20-21,26,39,41,44,50,53,64H,4-8,10-11,13-16,19,22-25,27-38,40,42-43,45-49,51-52,54-63H2,1-3H3/b12-9-,20-17-,21-18-,39-26-,44-41-,53-50-. The van der Waals surface area contributed by atoms with Crippen LogP contribution in [-0.4, -0.2) is 37.2 Å². The lowest BCUT2D eigenvalue weighted by Crippen LogP contribution is -2.30. The zero-order chi connectivity index (χ0) is 52.9. The second kappa shape index (κ2) is 61.4. The van der Waals surface area contributed by atoms with E-state index in [4.69, 9.17) is 14.2 Å². The van der Waals surface area contributed by atoms with Crippen molar-refractivity contribution in [3.05, 3.63) is 72.9 Å². The van der Waals surface area contributed by atoms with Crippen molar-refractivity contribution in [3.8, 4) is 0 Å². The number of allylic oxidation sites excluding steroid dienone is 12. The maximum Gasteiger partial charge on any atom is 0.306 e. The molecule has 0 aromatic heterocycles. The average Bonchev–Trinajstić information content (AvgIpc) is 3.39. The van der Waals surface area contributed by atoms with Crippen LogP contribution in [0.3, 0.4) is 0 Å². The van der Waals surface area contributed by atoms with Gasteiger partial charge in [0, 0.05) is 19.3 Å². The van der Waals surface area contributed by atoms with Crippen LogP contribution in [-0.2, 0) is 28.6 Å². The van der Waals surface area contributed by atoms with Crippen molar-refractivity contribution < 1.29 is 28.6 Å². The highest BCUT2D eigenvalue weighted by Crippen LogP contribution is 2.17. The lowest BCUT2D eigenvalue weighted by molar-refractivity contribution is -0.166. The molecule has 73 heavy (non-hydrogen) atoms. The molecule has 0 radical (unpaired) electrons.